The van der Waals surface area contributed by atoms with Crippen LogP contribution < -0.4 is 10.1 Å². The van der Waals surface area contributed by atoms with Gasteiger partial charge in [-0.25, -0.2) is 0 Å². The molecule has 0 fully saturated rings. The number of carbonyl (C=O) groups excluding carboxylic acids is 1. The molecule has 0 saturated heterocycles. The van der Waals surface area contributed by atoms with Gasteiger partial charge in [0, 0.05) is 6.42 Å². The van der Waals surface area contributed by atoms with Crippen molar-refractivity contribution in [1.82, 2.24) is 5.32 Å². The second kappa shape index (κ2) is 9.42. The highest BCUT2D eigenvalue weighted by Gasteiger charge is 2.18. The molecule has 0 aromatic heterocycles. The Morgan fingerprint density at radius 1 is 0.931 bits per heavy atom. The van der Waals surface area contributed by atoms with Crippen LogP contribution in [0, 0.1) is 20.8 Å². The Kier molecular flexibility index (Phi) is 6.71. The van der Waals surface area contributed by atoms with Crippen molar-refractivity contribution in [2.75, 3.05) is 7.11 Å². The van der Waals surface area contributed by atoms with Crippen LogP contribution in [0.1, 0.15) is 45.8 Å². The average molecular weight is 388 g/mol. The zero-order valence-corrected chi connectivity index (χ0v) is 17.7. The normalized spacial score (nSPS) is 11.7. The molecular formula is C26H29NO2. The fourth-order valence-corrected chi connectivity index (χ4v) is 3.72. The summed E-state index contributed by atoms with van der Waals surface area (Å²) in [5.74, 6) is 0.921. The van der Waals surface area contributed by atoms with Gasteiger partial charge in [-0.1, -0.05) is 66.2 Å². The summed E-state index contributed by atoms with van der Waals surface area (Å²) < 4.78 is 5.32. The number of benzene rings is 3. The van der Waals surface area contributed by atoms with Gasteiger partial charge in [0.1, 0.15) is 5.75 Å². The van der Waals surface area contributed by atoms with Gasteiger partial charge in [0.25, 0.3) is 0 Å². The van der Waals surface area contributed by atoms with Crippen molar-refractivity contribution in [1.29, 1.82) is 0 Å². The Labute approximate surface area is 173 Å². The van der Waals surface area contributed by atoms with Crippen molar-refractivity contribution in [3.63, 3.8) is 0 Å². The summed E-state index contributed by atoms with van der Waals surface area (Å²) in [6.07, 6.45) is 1.14. The fourth-order valence-electron chi connectivity index (χ4n) is 3.72. The summed E-state index contributed by atoms with van der Waals surface area (Å²) >= 11 is 0. The van der Waals surface area contributed by atoms with Crippen molar-refractivity contribution >= 4 is 5.91 Å². The second-order valence-corrected chi connectivity index (χ2v) is 7.58. The molecule has 29 heavy (non-hydrogen) atoms. The second-order valence-electron chi connectivity index (χ2n) is 7.58. The van der Waals surface area contributed by atoms with Crippen LogP contribution in [0.2, 0.25) is 0 Å². The van der Waals surface area contributed by atoms with Crippen LogP contribution in [-0.2, 0) is 11.2 Å². The molecule has 0 aliphatic rings. The summed E-state index contributed by atoms with van der Waals surface area (Å²) in [7, 11) is 1.67. The van der Waals surface area contributed by atoms with Crippen LogP contribution in [0.25, 0.3) is 0 Å². The molecule has 0 aliphatic heterocycles. The van der Waals surface area contributed by atoms with Crippen LogP contribution in [0.15, 0.2) is 66.7 Å². The molecule has 0 saturated carbocycles. The number of methoxy groups -OCH3 is 1. The van der Waals surface area contributed by atoms with Crippen LogP contribution in [0.4, 0.5) is 0 Å². The van der Waals surface area contributed by atoms with Crippen LogP contribution >= 0.6 is 0 Å². The number of nitrogens with one attached hydrogen (secondary N) is 1. The molecule has 0 aliphatic carbocycles. The monoisotopic (exact) mass is 387 g/mol. The van der Waals surface area contributed by atoms with E-state index in [0.717, 1.165) is 28.0 Å². The maximum absolute atomic E-state index is 12.8. The molecule has 1 N–H and O–H groups in total. The van der Waals surface area contributed by atoms with E-state index in [-0.39, 0.29) is 11.9 Å². The molecule has 3 heteroatoms. The lowest BCUT2D eigenvalue weighted by Gasteiger charge is -2.22. The van der Waals surface area contributed by atoms with Crippen LogP contribution in [-0.4, -0.2) is 13.0 Å². The largest absolute Gasteiger partial charge is 0.496 e. The number of hydrogen-bond acceptors (Lipinski definition) is 2. The standard InChI is InChI=1S/C26H29NO2/c1-18-10-13-23(19(2)16-18)26(22-8-6-5-7-9-22)27-25(28)15-12-21-11-14-24(29-4)20(3)17-21/h5-11,13-14,16-17,26H,12,15H2,1-4H3,(H,27,28)/t26-/m1/s1. The van der Waals surface area contributed by atoms with Gasteiger partial charge in [-0.2, -0.15) is 0 Å². The van der Waals surface area contributed by atoms with Crippen molar-refractivity contribution < 1.29 is 9.53 Å². The predicted octanol–water partition coefficient (Wildman–Crippen LogP) is 5.46. The number of rotatable bonds is 7. The Balaban J connectivity index is 1.75. The van der Waals surface area contributed by atoms with E-state index in [1.165, 1.54) is 11.1 Å². The number of amides is 1. The van der Waals surface area contributed by atoms with E-state index in [1.54, 1.807) is 7.11 Å². The molecule has 1 amide bonds. The lowest BCUT2D eigenvalue weighted by Crippen LogP contribution is -2.30. The number of aryl methyl sites for hydroxylation is 4. The molecule has 150 valence electrons. The number of hydrogen-bond donors (Lipinski definition) is 1. The average Bonchev–Trinajstić information content (AvgIpc) is 2.72. The van der Waals surface area contributed by atoms with Gasteiger partial charge in [-0.05, 0) is 61.1 Å². The van der Waals surface area contributed by atoms with E-state index >= 15 is 0 Å². The summed E-state index contributed by atoms with van der Waals surface area (Å²) in [5, 5.41) is 3.25. The van der Waals surface area contributed by atoms with E-state index in [2.05, 4.69) is 55.6 Å². The maximum atomic E-state index is 12.8. The van der Waals surface area contributed by atoms with Crippen LogP contribution in [0.3, 0.4) is 0 Å². The molecule has 0 unspecified atom stereocenters. The lowest BCUT2D eigenvalue weighted by molar-refractivity contribution is -0.121. The molecule has 3 nitrogen and oxygen atoms in total. The third-order valence-corrected chi connectivity index (χ3v) is 5.27. The molecule has 3 aromatic rings. The highest BCUT2D eigenvalue weighted by molar-refractivity contribution is 5.77. The first-order valence-electron chi connectivity index (χ1n) is 10.0. The summed E-state index contributed by atoms with van der Waals surface area (Å²) in [4.78, 5) is 12.8. The van der Waals surface area contributed by atoms with Gasteiger partial charge in [0.15, 0.2) is 0 Å². The highest BCUT2D eigenvalue weighted by atomic mass is 16.5. The van der Waals surface area contributed by atoms with E-state index < -0.39 is 0 Å². The molecule has 0 radical (unpaired) electrons. The van der Waals surface area contributed by atoms with E-state index in [9.17, 15) is 4.79 Å². The Morgan fingerprint density at radius 2 is 1.69 bits per heavy atom. The van der Waals surface area contributed by atoms with Crippen molar-refractivity contribution in [2.45, 2.75) is 39.7 Å². The van der Waals surface area contributed by atoms with Gasteiger partial charge in [-0.3, -0.25) is 4.79 Å². The first-order valence-corrected chi connectivity index (χ1v) is 10.0. The first kappa shape index (κ1) is 20.7. The zero-order chi connectivity index (χ0) is 20.8. The molecular weight excluding hydrogens is 358 g/mol. The Morgan fingerprint density at radius 3 is 2.34 bits per heavy atom. The summed E-state index contributed by atoms with van der Waals surface area (Å²) in [6, 6.07) is 22.5. The van der Waals surface area contributed by atoms with Gasteiger partial charge in [0.2, 0.25) is 5.91 Å². The van der Waals surface area contributed by atoms with E-state index in [1.807, 2.05) is 37.3 Å². The summed E-state index contributed by atoms with van der Waals surface area (Å²) in [6.45, 7) is 6.21. The van der Waals surface area contributed by atoms with Gasteiger partial charge >= 0.3 is 0 Å². The van der Waals surface area contributed by atoms with Gasteiger partial charge in [-0.15, -0.1) is 0 Å². The Hall–Kier alpha value is -3.07. The molecule has 1 atom stereocenters. The number of carbonyl (C=O) groups is 1. The smallest absolute Gasteiger partial charge is 0.221 e. The van der Waals surface area contributed by atoms with Gasteiger partial charge in [0.05, 0.1) is 13.2 Å². The minimum atomic E-state index is -0.151. The minimum absolute atomic E-state index is 0.0484. The minimum Gasteiger partial charge on any atom is -0.496 e. The number of ether oxygens (including phenoxy) is 1. The van der Waals surface area contributed by atoms with Crippen molar-refractivity contribution in [3.05, 3.63) is 100 Å². The Bertz CT molecular complexity index is 979. The molecule has 3 aromatic carbocycles. The SMILES string of the molecule is COc1ccc(CCC(=O)N[C@H](c2ccccc2)c2ccc(C)cc2C)cc1C. The van der Waals surface area contributed by atoms with E-state index in [4.69, 9.17) is 4.74 Å². The molecule has 3 rings (SSSR count). The molecule has 0 spiro atoms. The third kappa shape index (κ3) is 5.26. The molecule has 0 bridgehead atoms. The van der Waals surface area contributed by atoms with Crippen molar-refractivity contribution in [2.24, 2.45) is 0 Å². The van der Waals surface area contributed by atoms with E-state index in [0.29, 0.717) is 12.8 Å². The predicted molar refractivity (Wildman–Crippen MR) is 118 cm³/mol. The van der Waals surface area contributed by atoms with Crippen molar-refractivity contribution in [3.8, 4) is 5.75 Å². The fraction of sp³-hybridized carbons (Fsp3) is 0.269. The first-order chi connectivity index (χ1) is 14.0. The topological polar surface area (TPSA) is 38.3 Å². The van der Waals surface area contributed by atoms with Gasteiger partial charge < -0.3 is 10.1 Å². The highest BCUT2D eigenvalue weighted by Crippen LogP contribution is 2.26. The summed E-state index contributed by atoms with van der Waals surface area (Å²) in [5.41, 5.74) is 6.86. The quantitative estimate of drug-likeness (QED) is 0.585. The molecule has 0 heterocycles. The lowest BCUT2D eigenvalue weighted by atomic mass is 9.93. The third-order valence-electron chi connectivity index (χ3n) is 5.27. The zero-order valence-electron chi connectivity index (χ0n) is 17.7. The van der Waals surface area contributed by atoms with Crippen LogP contribution in [0.5, 0.6) is 5.75 Å². The maximum Gasteiger partial charge on any atom is 0.221 e.